The van der Waals surface area contributed by atoms with E-state index in [9.17, 15) is 4.79 Å². The molecule has 7 heteroatoms. The van der Waals surface area contributed by atoms with Crippen LogP contribution in [0.5, 0.6) is 0 Å². The van der Waals surface area contributed by atoms with Crippen LogP contribution in [0, 0.1) is 0 Å². The molecule has 0 fully saturated rings. The monoisotopic (exact) mass is 678 g/mol. The van der Waals surface area contributed by atoms with Gasteiger partial charge in [-0.25, -0.2) is 0 Å². The van der Waals surface area contributed by atoms with Gasteiger partial charge >= 0.3 is 0 Å². The molecule has 0 radical (unpaired) electrons. The van der Waals surface area contributed by atoms with Crippen LogP contribution in [0.3, 0.4) is 0 Å². The molecule has 0 aromatic heterocycles. The summed E-state index contributed by atoms with van der Waals surface area (Å²) in [6.45, 7) is 0. The number of rotatable bonds is 2. The van der Waals surface area contributed by atoms with Gasteiger partial charge in [-0.2, -0.15) is 0 Å². The number of halogens is 6. The molecule has 0 amide bonds. The first-order valence-electron chi connectivity index (χ1n) is 5.99. The van der Waals surface area contributed by atoms with Crippen LogP contribution < -0.4 is 0 Å². The fourth-order valence-corrected chi connectivity index (χ4v) is 4.08. The maximum Gasteiger partial charge on any atom is 0.193 e. The molecule has 0 heterocycles. The normalized spacial score (nSPS) is 12.3. The minimum atomic E-state index is -0.650. The lowest BCUT2D eigenvalue weighted by atomic mass is 9.96. The number of carbonyl (C=O) groups excluding carboxylic acids is 1. The Morgan fingerprint density at radius 1 is 0.636 bits per heavy atom. The molecular formula is C15H8Br6O. The Balaban J connectivity index is 2.61. The van der Waals surface area contributed by atoms with Gasteiger partial charge in [-0.1, -0.05) is 144 Å². The van der Waals surface area contributed by atoms with Crippen LogP contribution >= 0.6 is 95.6 Å². The minimum Gasteiger partial charge on any atom is -0.289 e. The highest BCUT2D eigenvalue weighted by Gasteiger charge is 2.31. The Kier molecular flexibility index (Phi) is 6.57. The number of alkyl halides is 6. The van der Waals surface area contributed by atoms with Crippen LogP contribution in [0.1, 0.15) is 27.0 Å². The Labute approximate surface area is 179 Å². The van der Waals surface area contributed by atoms with Crippen LogP contribution in [0.2, 0.25) is 0 Å². The Bertz CT molecular complexity index is 640. The summed E-state index contributed by atoms with van der Waals surface area (Å²) in [5.74, 6) is -0.0587. The summed E-state index contributed by atoms with van der Waals surface area (Å²) in [5.41, 5.74) is 2.83. The van der Waals surface area contributed by atoms with Crippen LogP contribution in [0.25, 0.3) is 0 Å². The van der Waals surface area contributed by atoms with Crippen molar-refractivity contribution < 1.29 is 4.79 Å². The maximum atomic E-state index is 13.1. The van der Waals surface area contributed by atoms with Gasteiger partial charge < -0.3 is 0 Å². The smallest absolute Gasteiger partial charge is 0.193 e. The second-order valence-electron chi connectivity index (χ2n) is 4.42. The topological polar surface area (TPSA) is 17.1 Å². The van der Waals surface area contributed by atoms with Gasteiger partial charge in [0.15, 0.2) is 10.1 Å². The average molecular weight is 684 g/mol. The molecule has 0 bridgehead atoms. The number of hydrogen-bond donors (Lipinski definition) is 0. The lowest BCUT2D eigenvalue weighted by molar-refractivity contribution is 0.103. The van der Waals surface area contributed by atoms with E-state index in [0.717, 1.165) is 11.1 Å². The first kappa shape index (κ1) is 19.3. The van der Waals surface area contributed by atoms with Crippen molar-refractivity contribution >= 4 is 101 Å². The molecule has 22 heavy (non-hydrogen) atoms. The van der Waals surface area contributed by atoms with E-state index in [2.05, 4.69) is 95.6 Å². The number of benzene rings is 2. The van der Waals surface area contributed by atoms with E-state index in [4.69, 9.17) is 0 Å². The zero-order chi connectivity index (χ0) is 16.5. The van der Waals surface area contributed by atoms with Crippen LogP contribution in [0.15, 0.2) is 48.5 Å². The SMILES string of the molecule is O=C(c1ccccc1C(Br)(Br)Br)c1ccccc1C(Br)(Br)Br. The molecule has 0 unspecified atom stereocenters. The summed E-state index contributed by atoms with van der Waals surface area (Å²) in [4.78, 5) is 13.1. The van der Waals surface area contributed by atoms with Crippen LogP contribution in [-0.4, -0.2) is 5.78 Å². The number of ketones is 1. The quantitative estimate of drug-likeness (QED) is 0.237. The fourth-order valence-electron chi connectivity index (χ4n) is 2.00. The summed E-state index contributed by atoms with van der Waals surface area (Å²) in [7, 11) is 0. The van der Waals surface area contributed by atoms with E-state index in [-0.39, 0.29) is 5.78 Å². The fraction of sp³-hybridized carbons (Fsp3) is 0.133. The second kappa shape index (κ2) is 7.48. The molecule has 1 nitrogen and oxygen atoms in total. The lowest BCUT2D eigenvalue weighted by Gasteiger charge is -2.20. The molecule has 0 aliphatic rings. The molecule has 2 rings (SSSR count). The number of carbonyl (C=O) groups is 1. The van der Waals surface area contributed by atoms with Gasteiger partial charge in [0.25, 0.3) is 0 Å². The van der Waals surface area contributed by atoms with E-state index >= 15 is 0 Å². The third-order valence-electron chi connectivity index (χ3n) is 2.95. The predicted octanol–water partition coefficient (Wildman–Crippen LogP) is 7.51. The van der Waals surface area contributed by atoms with Gasteiger partial charge in [0.1, 0.15) is 0 Å². The highest BCUT2D eigenvalue weighted by Crippen LogP contribution is 2.48. The first-order valence-corrected chi connectivity index (χ1v) is 10.8. The van der Waals surface area contributed by atoms with E-state index < -0.39 is 4.29 Å². The van der Waals surface area contributed by atoms with Crippen LogP contribution in [-0.2, 0) is 4.29 Å². The summed E-state index contributed by atoms with van der Waals surface area (Å²) in [6.07, 6.45) is 0. The van der Waals surface area contributed by atoms with Crippen LogP contribution in [0.4, 0.5) is 0 Å². The zero-order valence-corrected chi connectivity index (χ0v) is 20.3. The predicted molar refractivity (Wildman–Crippen MR) is 113 cm³/mol. The summed E-state index contributed by atoms with van der Waals surface area (Å²) in [6, 6.07) is 14.9. The molecule has 0 spiro atoms. The lowest BCUT2D eigenvalue weighted by Crippen LogP contribution is -2.14. The third-order valence-corrected chi connectivity index (χ3v) is 5.52. The zero-order valence-electron chi connectivity index (χ0n) is 10.8. The van der Waals surface area contributed by atoms with Gasteiger partial charge in [-0.3, -0.25) is 4.79 Å². The van der Waals surface area contributed by atoms with Crippen molar-refractivity contribution in [2.45, 2.75) is 4.29 Å². The largest absolute Gasteiger partial charge is 0.289 e. The molecule has 0 aliphatic heterocycles. The summed E-state index contributed by atoms with van der Waals surface area (Å²) < 4.78 is -1.30. The van der Waals surface area contributed by atoms with E-state index in [1.807, 2.05) is 48.5 Å². The van der Waals surface area contributed by atoms with Crippen molar-refractivity contribution in [3.05, 3.63) is 70.8 Å². The number of hydrogen-bond acceptors (Lipinski definition) is 1. The van der Waals surface area contributed by atoms with Gasteiger partial charge in [0.05, 0.1) is 0 Å². The van der Waals surface area contributed by atoms with Gasteiger partial charge in [0, 0.05) is 22.3 Å². The minimum absolute atomic E-state index is 0.0587. The highest BCUT2D eigenvalue weighted by molar-refractivity contribution is 9.39. The molecule has 0 atom stereocenters. The molecule has 0 aliphatic carbocycles. The van der Waals surface area contributed by atoms with Gasteiger partial charge in [-0.05, 0) is 0 Å². The van der Waals surface area contributed by atoms with Crippen molar-refractivity contribution in [2.24, 2.45) is 0 Å². The van der Waals surface area contributed by atoms with E-state index in [0.29, 0.717) is 11.1 Å². The Hall–Kier alpha value is 0.990. The molecule has 2 aromatic carbocycles. The molecular weight excluding hydrogens is 676 g/mol. The maximum absolute atomic E-state index is 13.1. The van der Waals surface area contributed by atoms with E-state index in [1.54, 1.807) is 0 Å². The molecule has 0 saturated carbocycles. The molecule has 116 valence electrons. The van der Waals surface area contributed by atoms with Crippen molar-refractivity contribution in [1.29, 1.82) is 0 Å². The second-order valence-corrected chi connectivity index (χ2v) is 17.9. The summed E-state index contributed by atoms with van der Waals surface area (Å²) in [5, 5.41) is 0. The standard InChI is InChI=1S/C15H8Br6O/c16-14(17,18)11-7-3-1-5-9(11)13(22)10-6-2-4-8-12(10)15(19,20)21/h1-8H. The Morgan fingerprint density at radius 2 is 0.955 bits per heavy atom. The molecule has 2 aromatic rings. The third kappa shape index (κ3) is 4.54. The molecule has 0 N–H and O–H groups in total. The average Bonchev–Trinajstić information content (AvgIpc) is 2.45. The molecule has 0 saturated heterocycles. The van der Waals surface area contributed by atoms with Gasteiger partial charge in [-0.15, -0.1) is 0 Å². The van der Waals surface area contributed by atoms with E-state index in [1.165, 1.54) is 0 Å². The highest BCUT2D eigenvalue weighted by atomic mass is 80.0. The van der Waals surface area contributed by atoms with Gasteiger partial charge in [0.2, 0.25) is 0 Å². The van der Waals surface area contributed by atoms with Crippen molar-refractivity contribution in [1.82, 2.24) is 0 Å². The first-order chi connectivity index (χ1) is 10.1. The Morgan fingerprint density at radius 3 is 1.27 bits per heavy atom. The van der Waals surface area contributed by atoms with Crippen molar-refractivity contribution in [2.75, 3.05) is 0 Å². The van der Waals surface area contributed by atoms with Crippen molar-refractivity contribution in [3.8, 4) is 0 Å². The summed E-state index contributed by atoms with van der Waals surface area (Å²) >= 11 is 20.9. The van der Waals surface area contributed by atoms with Crippen molar-refractivity contribution in [3.63, 3.8) is 0 Å².